The molecule has 0 amide bonds. The highest BCUT2D eigenvalue weighted by Crippen LogP contribution is 2.32. The van der Waals surface area contributed by atoms with Gasteiger partial charge in [-0.25, -0.2) is 4.79 Å². The Labute approximate surface area is 128 Å². The monoisotopic (exact) mass is 306 g/mol. The average Bonchev–Trinajstić information content (AvgIpc) is 2.89. The van der Waals surface area contributed by atoms with Crippen LogP contribution in [0, 0.1) is 0 Å². The van der Waals surface area contributed by atoms with Gasteiger partial charge in [0.2, 0.25) is 6.79 Å². The van der Waals surface area contributed by atoms with E-state index < -0.39 is 11.6 Å². The van der Waals surface area contributed by atoms with Crippen LogP contribution in [0.25, 0.3) is 6.08 Å². The lowest BCUT2D eigenvalue weighted by Crippen LogP contribution is -2.20. The van der Waals surface area contributed by atoms with E-state index in [0.717, 1.165) is 11.3 Å². The number of ether oxygens (including phenoxy) is 2. The van der Waals surface area contributed by atoms with Gasteiger partial charge in [-0.3, -0.25) is 4.89 Å². The fourth-order valence-electron chi connectivity index (χ4n) is 1.50. The maximum atomic E-state index is 11.3. The lowest BCUT2D eigenvalue weighted by Gasteiger charge is -2.14. The molecule has 0 fully saturated rings. The molecule has 6 heteroatoms. The summed E-state index contributed by atoms with van der Waals surface area (Å²) in [7, 11) is 0. The van der Waals surface area contributed by atoms with Crippen LogP contribution in [0.3, 0.4) is 0 Å². The largest absolute Gasteiger partial charge is 0.454 e. The summed E-state index contributed by atoms with van der Waals surface area (Å²) < 4.78 is 10.5. The Kier molecular flexibility index (Phi) is 5.19. The molecule has 0 bridgehead atoms. The molecule has 2 rings (SSSR count). The summed E-state index contributed by atoms with van der Waals surface area (Å²) in [5, 5.41) is 4.37. The van der Waals surface area contributed by atoms with Crippen molar-refractivity contribution in [2.75, 3.05) is 6.79 Å². The molecule has 118 valence electrons. The predicted molar refractivity (Wildman–Crippen MR) is 78.8 cm³/mol. The lowest BCUT2D eigenvalue weighted by atomic mass is 10.2. The van der Waals surface area contributed by atoms with Crippen LogP contribution in [0.1, 0.15) is 26.3 Å². The average molecular weight is 306 g/mol. The second kappa shape index (κ2) is 7.11. The van der Waals surface area contributed by atoms with Crippen molar-refractivity contribution in [2.45, 2.75) is 26.4 Å². The van der Waals surface area contributed by atoms with E-state index in [2.05, 4.69) is 9.93 Å². The van der Waals surface area contributed by atoms with Gasteiger partial charge in [-0.1, -0.05) is 24.3 Å². The quantitative estimate of drug-likeness (QED) is 0.360. The van der Waals surface area contributed by atoms with Crippen molar-refractivity contribution in [3.8, 4) is 11.5 Å². The molecule has 0 N–H and O–H groups in total. The number of fused-ring (bicyclic) bond motifs is 1. The third-order valence-corrected chi connectivity index (χ3v) is 2.43. The Hall–Kier alpha value is -2.31. The molecule has 22 heavy (non-hydrogen) atoms. The topological polar surface area (TPSA) is 63.2 Å². The van der Waals surface area contributed by atoms with Gasteiger partial charge >= 0.3 is 5.97 Å². The molecule has 0 saturated heterocycles. The highest BCUT2D eigenvalue weighted by Gasteiger charge is 2.13. The maximum absolute atomic E-state index is 11.3. The first-order chi connectivity index (χ1) is 10.4. The number of carbonyl (C=O) groups excluding carboxylic acids is 1. The van der Waals surface area contributed by atoms with Crippen LogP contribution in [-0.4, -0.2) is 18.4 Å². The molecule has 0 saturated carbocycles. The third kappa shape index (κ3) is 5.23. The zero-order chi connectivity index (χ0) is 16.0. The van der Waals surface area contributed by atoms with Crippen molar-refractivity contribution in [1.82, 2.24) is 0 Å². The van der Waals surface area contributed by atoms with E-state index >= 15 is 0 Å². The molecule has 0 radical (unpaired) electrons. The van der Waals surface area contributed by atoms with Crippen molar-refractivity contribution in [3.63, 3.8) is 0 Å². The van der Waals surface area contributed by atoms with Gasteiger partial charge in [-0.15, -0.1) is 0 Å². The summed E-state index contributed by atoms with van der Waals surface area (Å²) in [4.78, 5) is 20.5. The first-order valence-corrected chi connectivity index (χ1v) is 6.75. The van der Waals surface area contributed by atoms with Crippen LogP contribution < -0.4 is 9.47 Å². The molecule has 0 spiro atoms. The van der Waals surface area contributed by atoms with Crippen molar-refractivity contribution in [2.24, 2.45) is 0 Å². The van der Waals surface area contributed by atoms with Crippen LogP contribution >= 0.6 is 0 Å². The highest BCUT2D eigenvalue weighted by atomic mass is 17.5. The molecule has 1 aliphatic heterocycles. The minimum atomic E-state index is -0.667. The van der Waals surface area contributed by atoms with Crippen LogP contribution in [0.2, 0.25) is 0 Å². The lowest BCUT2D eigenvalue weighted by molar-refractivity contribution is -0.513. The Bertz CT molecular complexity index is 583. The van der Waals surface area contributed by atoms with Crippen molar-refractivity contribution in [1.29, 1.82) is 0 Å². The summed E-state index contributed by atoms with van der Waals surface area (Å²) in [6, 6.07) is 5.57. The molecule has 0 unspecified atom stereocenters. The van der Waals surface area contributed by atoms with Gasteiger partial charge in [-0.2, -0.15) is 4.89 Å². The van der Waals surface area contributed by atoms with Crippen molar-refractivity contribution in [3.05, 3.63) is 42.0 Å². The fraction of sp³-hybridized carbons (Fsp3) is 0.312. The Morgan fingerprint density at radius 1 is 1.18 bits per heavy atom. The Balaban J connectivity index is 1.78. The number of benzene rings is 1. The molecule has 1 aromatic carbocycles. The molecule has 1 aliphatic rings. The van der Waals surface area contributed by atoms with Gasteiger partial charge in [0.1, 0.15) is 0 Å². The van der Waals surface area contributed by atoms with Crippen LogP contribution in [0.5, 0.6) is 11.5 Å². The first-order valence-electron chi connectivity index (χ1n) is 6.75. The normalized spacial score (nSPS) is 14.0. The second-order valence-corrected chi connectivity index (χ2v) is 5.50. The summed E-state index contributed by atoms with van der Waals surface area (Å²) in [5.41, 5.74) is 0.373. The van der Waals surface area contributed by atoms with E-state index in [1.165, 1.54) is 12.2 Å². The van der Waals surface area contributed by atoms with E-state index in [1.807, 2.05) is 24.3 Å². The van der Waals surface area contributed by atoms with Gasteiger partial charge < -0.3 is 9.47 Å². The summed E-state index contributed by atoms with van der Waals surface area (Å²) in [6.45, 7) is 5.55. The third-order valence-electron chi connectivity index (χ3n) is 2.43. The number of hydrogen-bond donors (Lipinski definition) is 0. The fourth-order valence-corrected chi connectivity index (χ4v) is 1.50. The van der Waals surface area contributed by atoms with E-state index in [1.54, 1.807) is 26.8 Å². The smallest absolute Gasteiger partial charge is 0.369 e. The van der Waals surface area contributed by atoms with Crippen LogP contribution in [-0.2, 0) is 19.6 Å². The van der Waals surface area contributed by atoms with Gasteiger partial charge in [0, 0.05) is 6.08 Å². The Morgan fingerprint density at radius 2 is 1.95 bits per heavy atom. The molecule has 6 nitrogen and oxygen atoms in total. The van der Waals surface area contributed by atoms with Crippen LogP contribution in [0.4, 0.5) is 0 Å². The van der Waals surface area contributed by atoms with E-state index in [4.69, 9.17) is 14.4 Å². The van der Waals surface area contributed by atoms with Gasteiger partial charge in [0.15, 0.2) is 11.5 Å². The summed E-state index contributed by atoms with van der Waals surface area (Å²) >= 11 is 0. The number of allylic oxidation sites excluding steroid dienone is 2. The zero-order valence-corrected chi connectivity index (χ0v) is 12.7. The molecule has 0 atom stereocenters. The maximum Gasteiger partial charge on any atom is 0.369 e. The molecular formula is C16H18O6. The molecule has 1 heterocycles. The van der Waals surface area contributed by atoms with E-state index in [9.17, 15) is 4.79 Å². The SMILES string of the molecule is CC(C)(C)OOOC(=O)C=CC=Cc1ccc2c(c1)OCO2. The second-order valence-electron chi connectivity index (χ2n) is 5.50. The number of carbonyl (C=O) groups is 1. The van der Waals surface area contributed by atoms with Gasteiger partial charge in [-0.05, 0) is 43.5 Å². The van der Waals surface area contributed by atoms with Crippen molar-refractivity contribution < 1.29 is 29.1 Å². The number of rotatable bonds is 5. The highest BCUT2D eigenvalue weighted by molar-refractivity contribution is 5.81. The van der Waals surface area contributed by atoms with Gasteiger partial charge in [0.05, 0.1) is 5.60 Å². The minimum absolute atomic E-state index is 0.241. The predicted octanol–water partition coefficient (Wildman–Crippen LogP) is 3.19. The summed E-state index contributed by atoms with van der Waals surface area (Å²) in [5.74, 6) is 0.769. The molecule has 1 aromatic rings. The van der Waals surface area contributed by atoms with Crippen LogP contribution in [0.15, 0.2) is 36.4 Å². The first kappa shape index (κ1) is 16.1. The molecule has 0 aromatic heterocycles. The minimum Gasteiger partial charge on any atom is -0.454 e. The molecule has 0 aliphatic carbocycles. The van der Waals surface area contributed by atoms with E-state index in [-0.39, 0.29) is 6.79 Å². The zero-order valence-electron chi connectivity index (χ0n) is 12.7. The summed E-state index contributed by atoms with van der Waals surface area (Å²) in [6.07, 6.45) is 6.27. The Morgan fingerprint density at radius 3 is 2.73 bits per heavy atom. The van der Waals surface area contributed by atoms with Gasteiger partial charge in [0.25, 0.3) is 0 Å². The standard InChI is InChI=1S/C16H18O6/c1-16(2,3)21-22-20-15(17)7-5-4-6-12-8-9-13-14(10-12)19-11-18-13/h4-10H,11H2,1-3H3. The number of hydrogen-bond acceptors (Lipinski definition) is 6. The van der Waals surface area contributed by atoms with Crippen molar-refractivity contribution >= 4 is 12.0 Å². The van der Waals surface area contributed by atoms with E-state index in [0.29, 0.717) is 5.75 Å². The molecular weight excluding hydrogens is 288 g/mol.